The van der Waals surface area contributed by atoms with Gasteiger partial charge < -0.3 is 0 Å². The highest BCUT2D eigenvalue weighted by atomic mass is 32.2. The van der Waals surface area contributed by atoms with Crippen LogP contribution in [0, 0.1) is 29.1 Å². The van der Waals surface area contributed by atoms with E-state index in [4.69, 9.17) is 0 Å². The Morgan fingerprint density at radius 1 is 0.875 bits per heavy atom. The number of ketones is 1. The molecule has 11 heteroatoms. The van der Waals surface area contributed by atoms with Crippen molar-refractivity contribution in [3.63, 3.8) is 0 Å². The molecular weight excluding hydrogens is 455 g/mol. The number of hydrogen-bond acceptors (Lipinski definition) is 4. The van der Waals surface area contributed by atoms with E-state index in [1.165, 1.54) is 31.2 Å². The molecular formula is C21H15F5N2O3S. The van der Waals surface area contributed by atoms with Crippen molar-refractivity contribution in [2.75, 3.05) is 0 Å². The number of benzene rings is 2. The van der Waals surface area contributed by atoms with E-state index in [0.29, 0.717) is 15.4 Å². The fourth-order valence-electron chi connectivity index (χ4n) is 2.90. The molecule has 0 N–H and O–H groups in total. The third kappa shape index (κ3) is 4.83. The fraction of sp³-hybridized carbons (Fsp3) is 0.143. The van der Waals surface area contributed by atoms with Crippen molar-refractivity contribution in [1.29, 1.82) is 0 Å². The summed E-state index contributed by atoms with van der Waals surface area (Å²) < 4.78 is 95.4. The third-order valence-corrected chi connectivity index (χ3v) is 6.32. The molecule has 0 aliphatic rings. The van der Waals surface area contributed by atoms with Crippen molar-refractivity contribution in [2.24, 2.45) is 0 Å². The van der Waals surface area contributed by atoms with Gasteiger partial charge in [-0.2, -0.15) is 4.31 Å². The topological polar surface area (TPSA) is 67.3 Å². The van der Waals surface area contributed by atoms with E-state index >= 15 is 0 Å². The zero-order chi connectivity index (χ0) is 23.6. The van der Waals surface area contributed by atoms with Crippen LogP contribution in [0.4, 0.5) is 22.0 Å². The highest BCUT2D eigenvalue weighted by molar-refractivity contribution is 7.89. The molecule has 0 saturated heterocycles. The number of nitrogens with zero attached hydrogens (tertiary/aromatic N) is 2. The molecule has 2 aromatic carbocycles. The summed E-state index contributed by atoms with van der Waals surface area (Å²) in [6, 6.07) is 6.76. The summed E-state index contributed by atoms with van der Waals surface area (Å²) in [6.07, 6.45) is 2.04. The molecule has 168 valence electrons. The second kappa shape index (κ2) is 9.13. The van der Waals surface area contributed by atoms with Crippen molar-refractivity contribution < 1.29 is 35.2 Å². The molecule has 0 amide bonds. The predicted octanol–water partition coefficient (Wildman–Crippen LogP) is 4.37. The standard InChI is InChI=1S/C21H15F5N2O3S/c1-12(29)15-4-2-13(3-5-15)10-28(11-14-6-16(22)9-27-8-14)32(30,31)18-7-17(23)19(24)21(26)20(18)25/h2-9H,10-11H2,1H3. The predicted molar refractivity (Wildman–Crippen MR) is 103 cm³/mol. The summed E-state index contributed by atoms with van der Waals surface area (Å²) in [7, 11) is -4.93. The zero-order valence-corrected chi connectivity index (χ0v) is 17.3. The Kier molecular flexibility index (Phi) is 6.70. The number of sulfonamides is 1. The Labute approximate surface area is 180 Å². The lowest BCUT2D eigenvalue weighted by molar-refractivity contribution is 0.101. The van der Waals surface area contributed by atoms with E-state index in [-0.39, 0.29) is 17.4 Å². The summed E-state index contributed by atoms with van der Waals surface area (Å²) in [5.74, 6) is -9.40. The van der Waals surface area contributed by atoms with Gasteiger partial charge in [0.1, 0.15) is 10.7 Å². The second-order valence-electron chi connectivity index (χ2n) is 6.84. The van der Waals surface area contributed by atoms with Crippen LogP contribution in [-0.4, -0.2) is 23.5 Å². The molecule has 3 aromatic rings. The van der Waals surface area contributed by atoms with Gasteiger partial charge in [-0.3, -0.25) is 9.78 Å². The average molecular weight is 470 g/mol. The molecule has 1 heterocycles. The SMILES string of the molecule is CC(=O)c1ccc(CN(Cc2cncc(F)c2)S(=O)(=O)c2cc(F)c(F)c(F)c2F)cc1. The Hall–Kier alpha value is -3.18. The molecule has 0 fully saturated rings. The summed E-state index contributed by atoms with van der Waals surface area (Å²) in [5.41, 5.74) is 0.759. The maximum Gasteiger partial charge on any atom is 0.246 e. The smallest absolute Gasteiger partial charge is 0.246 e. The van der Waals surface area contributed by atoms with E-state index in [1.54, 1.807) is 0 Å². The van der Waals surface area contributed by atoms with Gasteiger partial charge in [-0.25, -0.2) is 30.4 Å². The van der Waals surface area contributed by atoms with Crippen LogP contribution in [-0.2, 0) is 23.1 Å². The highest BCUT2D eigenvalue weighted by Crippen LogP contribution is 2.27. The van der Waals surface area contributed by atoms with Crippen molar-refractivity contribution in [3.8, 4) is 0 Å². The van der Waals surface area contributed by atoms with E-state index in [0.717, 1.165) is 18.5 Å². The van der Waals surface area contributed by atoms with Crippen LogP contribution < -0.4 is 0 Å². The molecule has 1 aromatic heterocycles. The van der Waals surface area contributed by atoms with Gasteiger partial charge in [-0.05, 0) is 24.1 Å². The van der Waals surface area contributed by atoms with E-state index < -0.39 is 57.1 Å². The number of hydrogen-bond donors (Lipinski definition) is 0. The van der Waals surface area contributed by atoms with E-state index in [2.05, 4.69) is 4.98 Å². The van der Waals surface area contributed by atoms with E-state index in [9.17, 15) is 35.2 Å². The van der Waals surface area contributed by atoms with Gasteiger partial charge in [-0.1, -0.05) is 24.3 Å². The van der Waals surface area contributed by atoms with Gasteiger partial charge in [-0.15, -0.1) is 0 Å². The lowest BCUT2D eigenvalue weighted by Gasteiger charge is -2.23. The van der Waals surface area contributed by atoms with Gasteiger partial charge in [0.05, 0.1) is 6.20 Å². The zero-order valence-electron chi connectivity index (χ0n) is 16.5. The number of rotatable bonds is 7. The van der Waals surface area contributed by atoms with Gasteiger partial charge in [0.25, 0.3) is 0 Å². The Morgan fingerprint density at radius 2 is 1.50 bits per heavy atom. The van der Waals surface area contributed by atoms with Crippen molar-refractivity contribution in [1.82, 2.24) is 9.29 Å². The molecule has 0 unspecified atom stereocenters. The maximum atomic E-state index is 14.3. The first kappa shape index (κ1) is 23.5. The van der Waals surface area contributed by atoms with Crippen LogP contribution in [0.3, 0.4) is 0 Å². The van der Waals surface area contributed by atoms with Gasteiger partial charge in [0, 0.05) is 30.9 Å². The average Bonchev–Trinajstić information content (AvgIpc) is 2.74. The Balaban J connectivity index is 2.07. The largest absolute Gasteiger partial charge is 0.295 e. The van der Waals surface area contributed by atoms with Crippen LogP contribution in [0.2, 0.25) is 0 Å². The first-order valence-electron chi connectivity index (χ1n) is 9.03. The fourth-order valence-corrected chi connectivity index (χ4v) is 4.38. The van der Waals surface area contributed by atoms with Gasteiger partial charge in [0.15, 0.2) is 29.1 Å². The molecule has 0 spiro atoms. The number of carbonyl (C=O) groups is 1. The quantitative estimate of drug-likeness (QED) is 0.223. The summed E-state index contributed by atoms with van der Waals surface area (Å²) in [6.45, 7) is 0.363. The Bertz CT molecular complexity index is 1280. The van der Waals surface area contributed by atoms with Crippen molar-refractivity contribution >= 4 is 15.8 Å². The molecule has 0 bridgehead atoms. The molecule has 0 atom stereocenters. The molecule has 0 saturated carbocycles. The number of carbonyl (C=O) groups excluding carboxylic acids is 1. The van der Waals surface area contributed by atoms with Crippen LogP contribution in [0.25, 0.3) is 0 Å². The molecule has 0 aliphatic carbocycles. The highest BCUT2D eigenvalue weighted by Gasteiger charge is 2.32. The third-order valence-electron chi connectivity index (χ3n) is 4.53. The first-order chi connectivity index (χ1) is 15.0. The van der Waals surface area contributed by atoms with Crippen LogP contribution >= 0.6 is 0 Å². The summed E-state index contributed by atoms with van der Waals surface area (Å²) in [5, 5.41) is 0. The number of Topliss-reactive ketones (excluding diaryl/α,β-unsaturated/α-hetero) is 1. The van der Waals surface area contributed by atoms with Crippen LogP contribution in [0.5, 0.6) is 0 Å². The lowest BCUT2D eigenvalue weighted by Crippen LogP contribution is -2.31. The maximum absolute atomic E-state index is 14.3. The van der Waals surface area contributed by atoms with Crippen molar-refractivity contribution in [2.45, 2.75) is 24.9 Å². The van der Waals surface area contributed by atoms with Gasteiger partial charge in [0.2, 0.25) is 10.0 Å². The number of aromatic nitrogens is 1. The second-order valence-corrected chi connectivity index (χ2v) is 8.74. The first-order valence-corrected chi connectivity index (χ1v) is 10.5. The monoisotopic (exact) mass is 470 g/mol. The molecule has 5 nitrogen and oxygen atoms in total. The van der Waals surface area contributed by atoms with Crippen molar-refractivity contribution in [3.05, 3.63) is 94.6 Å². The minimum atomic E-state index is -4.93. The molecule has 0 radical (unpaired) electrons. The van der Waals surface area contributed by atoms with Crippen LogP contribution in [0.15, 0.2) is 53.7 Å². The minimum Gasteiger partial charge on any atom is -0.295 e. The summed E-state index contributed by atoms with van der Waals surface area (Å²) >= 11 is 0. The number of pyridine rings is 1. The molecule has 3 rings (SSSR count). The molecule has 0 aliphatic heterocycles. The normalized spacial score (nSPS) is 11.7. The Morgan fingerprint density at radius 3 is 2.09 bits per heavy atom. The molecule has 32 heavy (non-hydrogen) atoms. The minimum absolute atomic E-state index is 0.0404. The van der Waals surface area contributed by atoms with E-state index in [1.807, 2.05) is 0 Å². The summed E-state index contributed by atoms with van der Waals surface area (Å²) in [4.78, 5) is 13.6. The van der Waals surface area contributed by atoms with Crippen LogP contribution in [0.1, 0.15) is 28.4 Å². The van der Waals surface area contributed by atoms with Gasteiger partial charge >= 0.3 is 0 Å². The number of halogens is 5. The lowest BCUT2D eigenvalue weighted by atomic mass is 10.1.